The molecule has 0 N–H and O–H groups in total. The van der Waals surface area contributed by atoms with Crippen molar-refractivity contribution in [1.82, 2.24) is 14.4 Å². The second kappa shape index (κ2) is 10.4. The Bertz CT molecular complexity index is 1040. The van der Waals surface area contributed by atoms with E-state index in [9.17, 15) is 40.7 Å². The van der Waals surface area contributed by atoms with Crippen LogP contribution in [0, 0.1) is 11.8 Å². The Hall–Kier alpha value is -2.57. The molecule has 0 spiro atoms. The smallest absolute Gasteiger partial charge is 0.384 e. The van der Waals surface area contributed by atoms with Crippen LogP contribution in [0.3, 0.4) is 0 Å². The first kappa shape index (κ1) is 28.0. The number of amides is 2. The summed E-state index contributed by atoms with van der Waals surface area (Å²) in [6.45, 7) is 3.21. The Morgan fingerprint density at radius 2 is 1.78 bits per heavy atom. The van der Waals surface area contributed by atoms with E-state index in [4.69, 9.17) is 4.74 Å². The largest absolute Gasteiger partial charge is 0.471 e. The van der Waals surface area contributed by atoms with Crippen LogP contribution in [0.1, 0.15) is 44.4 Å². The summed E-state index contributed by atoms with van der Waals surface area (Å²) in [6, 6.07) is -0.270. The summed E-state index contributed by atoms with van der Waals surface area (Å²) in [6.07, 6.45) is -9.36. The van der Waals surface area contributed by atoms with Crippen LogP contribution < -0.4 is 5.56 Å². The average molecular weight is 525 g/mol. The first-order valence-corrected chi connectivity index (χ1v) is 11.6. The fourth-order valence-corrected chi connectivity index (χ4v) is 5.08. The number of halogens is 6. The fraction of sp³-hybridized carbons (Fsp3) is 0.696. The van der Waals surface area contributed by atoms with Gasteiger partial charge in [0.2, 0.25) is 5.91 Å². The lowest BCUT2D eigenvalue weighted by molar-refractivity contribution is -0.191. The van der Waals surface area contributed by atoms with Crippen LogP contribution in [0.4, 0.5) is 26.3 Å². The Kier molecular flexibility index (Phi) is 8.11. The van der Waals surface area contributed by atoms with E-state index in [0.29, 0.717) is 6.07 Å². The number of fused-ring (bicyclic) bond motifs is 1. The summed E-state index contributed by atoms with van der Waals surface area (Å²) in [7, 11) is 1.41. The first-order chi connectivity index (χ1) is 16.6. The van der Waals surface area contributed by atoms with Crippen molar-refractivity contribution in [3.63, 3.8) is 0 Å². The summed E-state index contributed by atoms with van der Waals surface area (Å²) < 4.78 is 85.8. The van der Waals surface area contributed by atoms with Gasteiger partial charge in [-0.05, 0) is 38.2 Å². The zero-order valence-electron chi connectivity index (χ0n) is 20.2. The summed E-state index contributed by atoms with van der Waals surface area (Å²) in [5.41, 5.74) is -1.87. The van der Waals surface area contributed by atoms with E-state index in [-0.39, 0.29) is 51.2 Å². The molecule has 1 aromatic rings. The molecule has 0 bridgehead atoms. The Morgan fingerprint density at radius 1 is 1.11 bits per heavy atom. The number of rotatable bonds is 6. The predicted molar refractivity (Wildman–Crippen MR) is 116 cm³/mol. The lowest BCUT2D eigenvalue weighted by Crippen LogP contribution is -2.53. The zero-order valence-corrected chi connectivity index (χ0v) is 20.2. The molecule has 0 aromatic carbocycles. The number of carbonyl (C=O) groups is 2. The number of alkyl halides is 6. The van der Waals surface area contributed by atoms with Gasteiger partial charge in [0, 0.05) is 50.0 Å². The summed E-state index contributed by atoms with van der Waals surface area (Å²) >= 11 is 0. The Balaban J connectivity index is 1.77. The third-order valence-electron chi connectivity index (χ3n) is 7.12. The molecule has 2 aliphatic rings. The van der Waals surface area contributed by atoms with Crippen LogP contribution in [0.15, 0.2) is 16.9 Å². The normalized spacial score (nSPS) is 22.2. The van der Waals surface area contributed by atoms with Crippen molar-refractivity contribution < 1.29 is 40.7 Å². The van der Waals surface area contributed by atoms with E-state index < -0.39 is 59.2 Å². The van der Waals surface area contributed by atoms with Gasteiger partial charge in [-0.25, -0.2) is 0 Å². The highest BCUT2D eigenvalue weighted by molar-refractivity contribution is 5.83. The molecule has 2 heterocycles. The molecule has 2 amide bonds. The van der Waals surface area contributed by atoms with Gasteiger partial charge in [-0.1, -0.05) is 6.92 Å². The molecular formula is C23H29F6N3O4. The molecule has 36 heavy (non-hydrogen) atoms. The van der Waals surface area contributed by atoms with Crippen molar-refractivity contribution in [3.8, 4) is 0 Å². The molecule has 202 valence electrons. The van der Waals surface area contributed by atoms with Gasteiger partial charge < -0.3 is 19.1 Å². The lowest BCUT2D eigenvalue weighted by Gasteiger charge is -2.38. The number of pyridine rings is 1. The quantitative estimate of drug-likeness (QED) is 0.534. The van der Waals surface area contributed by atoms with Crippen molar-refractivity contribution in [2.75, 3.05) is 20.3 Å². The lowest BCUT2D eigenvalue weighted by atomic mass is 9.99. The number of aromatic nitrogens is 1. The van der Waals surface area contributed by atoms with Gasteiger partial charge >= 0.3 is 18.3 Å². The van der Waals surface area contributed by atoms with Crippen molar-refractivity contribution in [2.24, 2.45) is 11.8 Å². The molecule has 1 aromatic heterocycles. The van der Waals surface area contributed by atoms with Crippen LogP contribution in [0.5, 0.6) is 0 Å². The zero-order chi connectivity index (χ0) is 27.0. The molecule has 13 heteroatoms. The maximum absolute atomic E-state index is 13.4. The minimum absolute atomic E-state index is 0.0105. The maximum atomic E-state index is 13.4. The van der Waals surface area contributed by atoms with Crippen LogP contribution in [0.2, 0.25) is 0 Å². The monoisotopic (exact) mass is 525 g/mol. The molecule has 1 aliphatic heterocycles. The van der Waals surface area contributed by atoms with E-state index in [1.807, 2.05) is 0 Å². The van der Waals surface area contributed by atoms with Crippen LogP contribution in [-0.4, -0.2) is 64.7 Å². The van der Waals surface area contributed by atoms with Crippen molar-refractivity contribution in [2.45, 2.75) is 70.6 Å². The molecule has 0 radical (unpaired) electrons. The second-order valence-electron chi connectivity index (χ2n) is 9.53. The average Bonchev–Trinajstić information content (AvgIpc) is 3.26. The molecule has 1 fully saturated rings. The summed E-state index contributed by atoms with van der Waals surface area (Å²) in [5, 5.41) is 0. The van der Waals surface area contributed by atoms with Gasteiger partial charge in [-0.2, -0.15) is 26.3 Å². The highest BCUT2D eigenvalue weighted by Crippen LogP contribution is 2.36. The molecule has 3 rings (SSSR count). The third-order valence-corrected chi connectivity index (χ3v) is 7.12. The second-order valence-corrected chi connectivity index (χ2v) is 9.53. The number of hydrogen-bond acceptors (Lipinski definition) is 4. The molecule has 0 unspecified atom stereocenters. The number of methoxy groups -OCH3 is 1. The van der Waals surface area contributed by atoms with Gasteiger partial charge in [-0.3, -0.25) is 14.4 Å². The topological polar surface area (TPSA) is 71.8 Å². The molecule has 1 saturated carbocycles. The van der Waals surface area contributed by atoms with Gasteiger partial charge in [0.25, 0.3) is 5.56 Å². The van der Waals surface area contributed by atoms with E-state index in [1.165, 1.54) is 23.5 Å². The van der Waals surface area contributed by atoms with E-state index in [2.05, 4.69) is 0 Å². The summed E-state index contributed by atoms with van der Waals surface area (Å²) in [5.74, 6) is -3.46. The van der Waals surface area contributed by atoms with Gasteiger partial charge in [0.05, 0.1) is 18.7 Å². The number of nitrogens with zero attached hydrogens (tertiary/aromatic N) is 3. The summed E-state index contributed by atoms with van der Waals surface area (Å²) in [4.78, 5) is 39.7. The van der Waals surface area contributed by atoms with Crippen LogP contribution in [0.25, 0.3) is 0 Å². The predicted octanol–water partition coefficient (Wildman–Crippen LogP) is 3.44. The van der Waals surface area contributed by atoms with Crippen molar-refractivity contribution >= 4 is 11.8 Å². The highest BCUT2D eigenvalue weighted by atomic mass is 19.4. The maximum Gasteiger partial charge on any atom is 0.471 e. The Labute approximate surface area is 204 Å². The first-order valence-electron chi connectivity index (χ1n) is 11.6. The Morgan fingerprint density at radius 3 is 2.36 bits per heavy atom. The molecule has 4 atom stereocenters. The van der Waals surface area contributed by atoms with Crippen LogP contribution in [-0.2, 0) is 33.6 Å². The van der Waals surface area contributed by atoms with Gasteiger partial charge in [0.1, 0.15) is 0 Å². The van der Waals surface area contributed by atoms with Crippen molar-refractivity contribution in [1.29, 1.82) is 0 Å². The number of carbonyl (C=O) groups excluding carboxylic acids is 2. The van der Waals surface area contributed by atoms with Gasteiger partial charge in [-0.15, -0.1) is 0 Å². The highest BCUT2D eigenvalue weighted by Gasteiger charge is 2.49. The SMILES string of the molecule is COC[C@@H](C)[C@H](C)N(C(=O)C(F)(F)F)[C@@H]1CC[C@H](C(=O)N2CCn3c(cc(C(F)(F)F)cc3=O)C2)C1. The molecular weight excluding hydrogens is 496 g/mol. The number of hydrogen-bond donors (Lipinski definition) is 0. The minimum atomic E-state index is -5.08. The fourth-order valence-electron chi connectivity index (χ4n) is 5.08. The molecule has 0 saturated heterocycles. The number of ether oxygens (including phenoxy) is 1. The third kappa shape index (κ3) is 5.87. The van der Waals surface area contributed by atoms with Gasteiger partial charge in [0.15, 0.2) is 0 Å². The minimum Gasteiger partial charge on any atom is -0.384 e. The van der Waals surface area contributed by atoms with Crippen LogP contribution >= 0.6 is 0 Å². The van der Waals surface area contributed by atoms with E-state index >= 15 is 0 Å². The van der Waals surface area contributed by atoms with Crippen molar-refractivity contribution in [3.05, 3.63) is 33.7 Å². The standard InChI is InChI=1S/C23H29F6N3O4/c1-13(12-36-3)14(2)32(21(35)23(27,28)29)17-5-4-15(8-17)20(34)30-6-7-31-18(11-30)9-16(10-19(31)33)22(24,25)26/h9-10,13-15,17H,4-8,11-12H2,1-3H3/t13-,14+,15+,17-/m1/s1. The van der Waals surface area contributed by atoms with E-state index in [0.717, 1.165) is 11.0 Å². The molecule has 1 aliphatic carbocycles. The molecule has 7 nitrogen and oxygen atoms in total. The van der Waals surface area contributed by atoms with E-state index in [1.54, 1.807) is 6.92 Å².